The van der Waals surface area contributed by atoms with Crippen LogP contribution in [-0.4, -0.2) is 25.2 Å². The number of ether oxygens (including phenoxy) is 1. The van der Waals surface area contributed by atoms with E-state index < -0.39 is 18.0 Å². The van der Waals surface area contributed by atoms with E-state index in [1.807, 2.05) is 6.07 Å². The average Bonchev–Trinajstić information content (AvgIpc) is 2.55. The molecule has 0 fully saturated rings. The summed E-state index contributed by atoms with van der Waals surface area (Å²) < 4.78 is 5.06. The van der Waals surface area contributed by atoms with Crippen molar-refractivity contribution in [2.75, 3.05) is 12.4 Å². The Labute approximate surface area is 134 Å². The minimum atomic E-state index is -1.34. The maximum Gasteiger partial charge on any atom is 0.319 e. The van der Waals surface area contributed by atoms with Crippen molar-refractivity contribution in [1.82, 2.24) is 5.32 Å². The molecule has 2 rings (SSSR count). The molecule has 0 aliphatic carbocycles. The van der Waals surface area contributed by atoms with Crippen molar-refractivity contribution in [3.63, 3.8) is 0 Å². The first-order valence-corrected chi connectivity index (χ1v) is 7.05. The molecule has 0 bridgehead atoms. The number of hydrogen-bond acceptors (Lipinski definition) is 4. The van der Waals surface area contributed by atoms with E-state index in [0.29, 0.717) is 11.4 Å². The highest BCUT2D eigenvalue weighted by molar-refractivity contribution is 5.92. The van der Waals surface area contributed by atoms with Gasteiger partial charge in [-0.1, -0.05) is 36.4 Å². The number of anilines is 1. The Kier molecular flexibility index (Phi) is 5.57. The van der Waals surface area contributed by atoms with Gasteiger partial charge in [-0.25, -0.2) is 4.79 Å². The fraction of sp³-hybridized carbons (Fsp3) is 0.176. The highest BCUT2D eigenvalue weighted by atomic mass is 16.5. The molecular formula is C17H17N2O4-. The molecular weight excluding hydrogens is 296 g/mol. The van der Waals surface area contributed by atoms with Crippen molar-refractivity contribution < 1.29 is 19.4 Å². The first-order chi connectivity index (χ1) is 11.1. The topological polar surface area (TPSA) is 90.5 Å². The zero-order chi connectivity index (χ0) is 16.7. The summed E-state index contributed by atoms with van der Waals surface area (Å²) in [6.07, 6.45) is 0.148. The van der Waals surface area contributed by atoms with Gasteiger partial charge in [0.05, 0.1) is 19.1 Å². The lowest BCUT2D eigenvalue weighted by Gasteiger charge is -2.20. The quantitative estimate of drug-likeness (QED) is 0.838. The average molecular weight is 313 g/mol. The molecule has 0 heterocycles. The highest BCUT2D eigenvalue weighted by Gasteiger charge is 2.14. The van der Waals surface area contributed by atoms with Gasteiger partial charge in [-0.15, -0.1) is 0 Å². The second kappa shape index (κ2) is 7.84. The van der Waals surface area contributed by atoms with E-state index in [9.17, 15) is 14.7 Å². The van der Waals surface area contributed by atoms with E-state index in [1.54, 1.807) is 48.5 Å². The number of rotatable bonds is 6. The summed E-state index contributed by atoms with van der Waals surface area (Å²) in [5.41, 5.74) is 1.29. The van der Waals surface area contributed by atoms with Gasteiger partial charge in [0.25, 0.3) is 0 Å². The smallest absolute Gasteiger partial charge is 0.319 e. The Balaban J connectivity index is 1.99. The monoisotopic (exact) mass is 313 g/mol. The lowest BCUT2D eigenvalue weighted by Crippen LogP contribution is -2.50. The minimum absolute atomic E-state index is 0.148. The molecule has 2 aromatic rings. The normalized spacial score (nSPS) is 11.3. The molecule has 0 saturated heterocycles. The number of benzene rings is 2. The van der Waals surface area contributed by atoms with Gasteiger partial charge in [0.2, 0.25) is 0 Å². The zero-order valence-electron chi connectivity index (χ0n) is 12.6. The van der Waals surface area contributed by atoms with Crippen molar-refractivity contribution >= 4 is 17.7 Å². The number of carbonyl (C=O) groups excluding carboxylic acids is 2. The first-order valence-electron chi connectivity index (χ1n) is 7.05. The number of carboxylic acids is 1. The van der Waals surface area contributed by atoms with Crippen LogP contribution in [0.3, 0.4) is 0 Å². The molecule has 0 aliphatic heterocycles. The van der Waals surface area contributed by atoms with Crippen LogP contribution >= 0.6 is 0 Å². The molecule has 0 aliphatic rings. The van der Waals surface area contributed by atoms with Gasteiger partial charge in [0.1, 0.15) is 5.75 Å². The number of carbonyl (C=O) groups is 2. The lowest BCUT2D eigenvalue weighted by molar-refractivity contribution is -0.308. The Hall–Kier alpha value is -3.02. The van der Waals surface area contributed by atoms with Crippen LogP contribution in [0.1, 0.15) is 5.56 Å². The molecule has 0 spiro atoms. The summed E-state index contributed by atoms with van der Waals surface area (Å²) in [5, 5.41) is 16.2. The fourth-order valence-electron chi connectivity index (χ4n) is 2.07. The Morgan fingerprint density at radius 3 is 2.52 bits per heavy atom. The summed E-state index contributed by atoms with van der Waals surface area (Å²) in [6, 6.07) is 14.0. The predicted molar refractivity (Wildman–Crippen MR) is 84.1 cm³/mol. The van der Waals surface area contributed by atoms with E-state index in [-0.39, 0.29) is 6.42 Å². The van der Waals surface area contributed by atoms with Crippen LogP contribution in [-0.2, 0) is 11.2 Å². The third-order valence-electron chi connectivity index (χ3n) is 3.20. The predicted octanol–water partition coefficient (Wildman–Crippen LogP) is 1.18. The van der Waals surface area contributed by atoms with Crippen molar-refractivity contribution in [3.8, 4) is 5.75 Å². The summed E-state index contributed by atoms with van der Waals surface area (Å²) in [7, 11) is 1.52. The van der Waals surface area contributed by atoms with Crippen LogP contribution in [0.25, 0.3) is 0 Å². The maximum absolute atomic E-state index is 12.0. The zero-order valence-corrected chi connectivity index (χ0v) is 12.6. The number of aliphatic carboxylic acids is 1. The van der Waals surface area contributed by atoms with Gasteiger partial charge >= 0.3 is 6.03 Å². The van der Waals surface area contributed by atoms with E-state index in [2.05, 4.69) is 10.6 Å². The molecule has 23 heavy (non-hydrogen) atoms. The second-order valence-corrected chi connectivity index (χ2v) is 4.89. The number of amides is 2. The molecule has 0 saturated carbocycles. The Bertz CT molecular complexity index is 673. The molecule has 2 amide bonds. The van der Waals surface area contributed by atoms with E-state index >= 15 is 0 Å². The molecule has 0 aromatic heterocycles. The Morgan fingerprint density at radius 1 is 1.13 bits per heavy atom. The van der Waals surface area contributed by atoms with Crippen molar-refractivity contribution in [2.24, 2.45) is 0 Å². The summed E-state index contributed by atoms with van der Waals surface area (Å²) in [4.78, 5) is 23.2. The van der Waals surface area contributed by atoms with Crippen LogP contribution in [0.15, 0.2) is 54.6 Å². The van der Waals surface area contributed by atoms with Gasteiger partial charge in [-0.05, 0) is 24.1 Å². The van der Waals surface area contributed by atoms with E-state index in [4.69, 9.17) is 4.74 Å². The number of methoxy groups -OCH3 is 1. The SMILES string of the molecule is COc1cccc(NC(=O)N[C@@H](Cc2ccccc2)C(=O)[O-])c1. The molecule has 1 atom stereocenters. The first kappa shape index (κ1) is 16.4. The van der Waals surface area contributed by atoms with Crippen molar-refractivity contribution in [1.29, 1.82) is 0 Å². The molecule has 0 radical (unpaired) electrons. The van der Waals surface area contributed by atoms with Crippen molar-refractivity contribution in [3.05, 3.63) is 60.2 Å². The maximum atomic E-state index is 12.0. The van der Waals surface area contributed by atoms with Gasteiger partial charge in [-0.3, -0.25) is 0 Å². The standard InChI is InChI=1S/C17H18N2O4/c1-23-14-9-5-8-13(11-14)18-17(22)19-15(16(20)21)10-12-6-3-2-4-7-12/h2-9,11,15H,10H2,1H3,(H,20,21)(H2,18,19,22)/p-1/t15-/m0/s1. The number of carboxylic acid groups (broad SMARTS) is 1. The fourth-order valence-corrected chi connectivity index (χ4v) is 2.07. The van der Waals surface area contributed by atoms with Gasteiger partial charge < -0.3 is 25.3 Å². The summed E-state index contributed by atoms with van der Waals surface area (Å²) in [6.45, 7) is 0. The van der Waals surface area contributed by atoms with Crippen LogP contribution in [0.4, 0.5) is 10.5 Å². The van der Waals surface area contributed by atoms with Gasteiger partial charge in [0.15, 0.2) is 0 Å². The van der Waals surface area contributed by atoms with Gasteiger partial charge in [0, 0.05) is 11.8 Å². The minimum Gasteiger partial charge on any atom is -0.548 e. The van der Waals surface area contributed by atoms with E-state index in [0.717, 1.165) is 5.56 Å². The largest absolute Gasteiger partial charge is 0.548 e. The molecule has 120 valence electrons. The lowest BCUT2D eigenvalue weighted by atomic mass is 10.1. The van der Waals surface area contributed by atoms with Gasteiger partial charge in [-0.2, -0.15) is 0 Å². The van der Waals surface area contributed by atoms with Crippen LogP contribution < -0.4 is 20.5 Å². The number of urea groups is 1. The molecule has 6 heteroatoms. The molecule has 6 nitrogen and oxygen atoms in total. The summed E-state index contributed by atoms with van der Waals surface area (Å²) in [5.74, 6) is -0.752. The molecule has 0 unspecified atom stereocenters. The van der Waals surface area contributed by atoms with Crippen molar-refractivity contribution in [2.45, 2.75) is 12.5 Å². The summed E-state index contributed by atoms with van der Waals surface area (Å²) >= 11 is 0. The number of hydrogen-bond donors (Lipinski definition) is 2. The van der Waals surface area contributed by atoms with Crippen LogP contribution in [0.5, 0.6) is 5.75 Å². The number of nitrogens with one attached hydrogen (secondary N) is 2. The van der Waals surface area contributed by atoms with Crippen LogP contribution in [0.2, 0.25) is 0 Å². The van der Waals surface area contributed by atoms with E-state index in [1.165, 1.54) is 7.11 Å². The highest BCUT2D eigenvalue weighted by Crippen LogP contribution is 2.16. The van der Waals surface area contributed by atoms with Crippen LogP contribution in [0, 0.1) is 0 Å². The third-order valence-corrected chi connectivity index (χ3v) is 3.20. The Morgan fingerprint density at radius 2 is 1.87 bits per heavy atom. The molecule has 2 aromatic carbocycles. The second-order valence-electron chi connectivity index (χ2n) is 4.89. The third kappa shape index (κ3) is 5.03. The molecule has 2 N–H and O–H groups in total.